The average molecular weight is 144 g/mol. The first-order chi connectivity index (χ1) is 4.77. The third-order valence-electron chi connectivity index (χ3n) is 1.47. The maximum atomic E-state index is 5.23. The van der Waals surface area contributed by atoms with Gasteiger partial charge < -0.3 is 14.2 Å². The van der Waals surface area contributed by atoms with Crippen LogP contribution in [0.15, 0.2) is 11.6 Å². The zero-order valence-corrected chi connectivity index (χ0v) is 6.46. The van der Waals surface area contributed by atoms with Crippen LogP contribution in [-0.4, -0.2) is 26.8 Å². The Balaban J connectivity index is 2.50. The van der Waals surface area contributed by atoms with Crippen molar-refractivity contribution in [1.29, 1.82) is 0 Å². The van der Waals surface area contributed by atoms with Crippen molar-refractivity contribution in [1.82, 2.24) is 0 Å². The van der Waals surface area contributed by atoms with Gasteiger partial charge in [-0.3, -0.25) is 0 Å². The van der Waals surface area contributed by atoms with Gasteiger partial charge in [0.1, 0.15) is 0 Å². The molecule has 0 unspecified atom stereocenters. The van der Waals surface area contributed by atoms with Gasteiger partial charge in [-0.1, -0.05) is 0 Å². The van der Waals surface area contributed by atoms with Crippen molar-refractivity contribution in [3.63, 3.8) is 0 Å². The Hall–Kier alpha value is -0.380. The van der Waals surface area contributed by atoms with Crippen LogP contribution in [0.2, 0.25) is 0 Å². The molecule has 0 aromatic rings. The largest absolute Gasteiger partial charge is 0.352 e. The molecule has 0 saturated carbocycles. The molecule has 0 bridgehead atoms. The molecule has 0 radical (unpaired) electrons. The van der Waals surface area contributed by atoms with Crippen LogP contribution in [0.25, 0.3) is 0 Å². The van der Waals surface area contributed by atoms with Crippen LogP contribution in [0.1, 0.15) is 6.92 Å². The molecule has 0 amide bonds. The van der Waals surface area contributed by atoms with Gasteiger partial charge in [0.25, 0.3) is 0 Å². The quantitative estimate of drug-likeness (QED) is 0.539. The second-order valence-corrected chi connectivity index (χ2v) is 2.22. The molecule has 3 heteroatoms. The summed E-state index contributed by atoms with van der Waals surface area (Å²) < 4.78 is 15.2. The molecule has 10 heavy (non-hydrogen) atoms. The summed E-state index contributed by atoms with van der Waals surface area (Å²) in [7, 11) is 3.21. The number of rotatable bonds is 2. The van der Waals surface area contributed by atoms with Crippen LogP contribution >= 0.6 is 0 Å². The van der Waals surface area contributed by atoms with Gasteiger partial charge in [0.05, 0.1) is 0 Å². The summed E-state index contributed by atoms with van der Waals surface area (Å²) in [5.41, 5.74) is 1.06. The highest BCUT2D eigenvalue weighted by atomic mass is 16.8. The van der Waals surface area contributed by atoms with Crippen LogP contribution in [0.3, 0.4) is 0 Å². The summed E-state index contributed by atoms with van der Waals surface area (Å²) in [5, 5.41) is 0. The first-order valence-corrected chi connectivity index (χ1v) is 3.17. The molecule has 2 atom stereocenters. The minimum atomic E-state index is -0.232. The van der Waals surface area contributed by atoms with E-state index in [-0.39, 0.29) is 12.6 Å². The second kappa shape index (κ2) is 3.14. The van der Waals surface area contributed by atoms with Gasteiger partial charge in [-0.15, -0.1) is 0 Å². The molecule has 58 valence electrons. The van der Waals surface area contributed by atoms with Gasteiger partial charge in [0.15, 0.2) is 12.6 Å². The fourth-order valence-corrected chi connectivity index (χ4v) is 0.927. The second-order valence-electron chi connectivity index (χ2n) is 2.22. The molecule has 0 spiro atoms. The molecule has 0 aliphatic carbocycles. The number of hydrogen-bond acceptors (Lipinski definition) is 3. The summed E-state index contributed by atoms with van der Waals surface area (Å²) in [4.78, 5) is 0. The molecule has 0 saturated heterocycles. The Morgan fingerprint density at radius 3 is 2.40 bits per heavy atom. The van der Waals surface area contributed by atoms with Crippen molar-refractivity contribution in [3.05, 3.63) is 11.6 Å². The lowest BCUT2D eigenvalue weighted by atomic mass is 10.3. The van der Waals surface area contributed by atoms with E-state index in [0.717, 1.165) is 5.57 Å². The monoisotopic (exact) mass is 144 g/mol. The normalized spacial score (nSPS) is 32.5. The lowest BCUT2D eigenvalue weighted by Crippen LogP contribution is -2.16. The van der Waals surface area contributed by atoms with Crippen LogP contribution in [0.5, 0.6) is 0 Å². The van der Waals surface area contributed by atoms with Crippen LogP contribution in [0, 0.1) is 0 Å². The lowest BCUT2D eigenvalue weighted by molar-refractivity contribution is -0.176. The van der Waals surface area contributed by atoms with E-state index < -0.39 is 0 Å². The Morgan fingerprint density at radius 1 is 1.40 bits per heavy atom. The van der Waals surface area contributed by atoms with E-state index >= 15 is 0 Å². The zero-order chi connectivity index (χ0) is 7.56. The predicted octanol–water partition coefficient (Wildman–Crippen LogP) is 0.908. The highest BCUT2D eigenvalue weighted by Crippen LogP contribution is 2.19. The number of methoxy groups -OCH3 is 2. The Morgan fingerprint density at radius 2 is 2.10 bits per heavy atom. The van der Waals surface area contributed by atoms with Gasteiger partial charge in [0.2, 0.25) is 0 Å². The Labute approximate surface area is 60.6 Å². The minimum absolute atomic E-state index is 0.218. The van der Waals surface area contributed by atoms with E-state index in [1.807, 2.05) is 13.0 Å². The first kappa shape index (κ1) is 7.72. The maximum absolute atomic E-state index is 5.23. The average Bonchev–Trinajstić information content (AvgIpc) is 2.30. The van der Waals surface area contributed by atoms with Gasteiger partial charge in [-0.05, 0) is 18.6 Å². The highest BCUT2D eigenvalue weighted by molar-refractivity contribution is 5.08. The van der Waals surface area contributed by atoms with Crippen LogP contribution in [-0.2, 0) is 14.2 Å². The first-order valence-electron chi connectivity index (χ1n) is 3.17. The fraction of sp³-hybridized carbons (Fsp3) is 0.714. The van der Waals surface area contributed by atoms with Gasteiger partial charge >= 0.3 is 0 Å². The van der Waals surface area contributed by atoms with Crippen LogP contribution < -0.4 is 0 Å². The van der Waals surface area contributed by atoms with Crippen molar-refractivity contribution < 1.29 is 14.2 Å². The third-order valence-corrected chi connectivity index (χ3v) is 1.47. The zero-order valence-electron chi connectivity index (χ0n) is 6.46. The summed E-state index contributed by atoms with van der Waals surface area (Å²) in [6.07, 6.45) is 1.45. The molecule has 0 aromatic heterocycles. The van der Waals surface area contributed by atoms with E-state index in [9.17, 15) is 0 Å². The van der Waals surface area contributed by atoms with Crippen LogP contribution in [0.4, 0.5) is 0 Å². The number of ether oxygens (including phenoxy) is 3. The molecule has 1 aliphatic rings. The van der Waals surface area contributed by atoms with Gasteiger partial charge in [-0.2, -0.15) is 0 Å². The molecule has 1 aliphatic heterocycles. The van der Waals surface area contributed by atoms with E-state index in [4.69, 9.17) is 14.2 Å². The smallest absolute Gasteiger partial charge is 0.182 e. The van der Waals surface area contributed by atoms with Crippen molar-refractivity contribution in [2.45, 2.75) is 19.5 Å². The lowest BCUT2D eigenvalue weighted by Gasteiger charge is -2.11. The molecular weight excluding hydrogens is 132 g/mol. The Bertz CT molecular complexity index is 142. The predicted molar refractivity (Wildman–Crippen MR) is 36.4 cm³/mol. The standard InChI is InChI=1S/C7H12O3/c1-5-4-6(8-2)10-7(5)9-3/h4,6-7H,1-3H3/t6-,7+/m0/s1. The number of hydrogen-bond donors (Lipinski definition) is 0. The van der Waals surface area contributed by atoms with Crippen molar-refractivity contribution in [2.75, 3.05) is 14.2 Å². The van der Waals surface area contributed by atoms with E-state index in [0.29, 0.717) is 0 Å². The maximum Gasteiger partial charge on any atom is 0.182 e. The minimum Gasteiger partial charge on any atom is -0.352 e. The summed E-state index contributed by atoms with van der Waals surface area (Å²) >= 11 is 0. The molecular formula is C7H12O3. The van der Waals surface area contributed by atoms with E-state index in [2.05, 4.69) is 0 Å². The molecule has 0 fully saturated rings. The Kier molecular flexibility index (Phi) is 2.43. The molecule has 0 aromatic carbocycles. The van der Waals surface area contributed by atoms with Gasteiger partial charge in [0, 0.05) is 14.2 Å². The van der Waals surface area contributed by atoms with Crippen molar-refractivity contribution >= 4 is 0 Å². The molecule has 0 N–H and O–H groups in total. The molecule has 1 heterocycles. The van der Waals surface area contributed by atoms with Gasteiger partial charge in [-0.25, -0.2) is 0 Å². The van der Waals surface area contributed by atoms with E-state index in [1.165, 1.54) is 0 Å². The third kappa shape index (κ3) is 1.37. The van der Waals surface area contributed by atoms with Crippen molar-refractivity contribution in [3.8, 4) is 0 Å². The van der Waals surface area contributed by atoms with Crippen molar-refractivity contribution in [2.24, 2.45) is 0 Å². The summed E-state index contributed by atoms with van der Waals surface area (Å²) in [6.45, 7) is 1.95. The van der Waals surface area contributed by atoms with E-state index in [1.54, 1.807) is 14.2 Å². The SMILES string of the molecule is CO[C@@H]1C=C(C)[C@H](OC)O1. The molecule has 3 nitrogen and oxygen atoms in total. The summed E-state index contributed by atoms with van der Waals surface area (Å²) in [6, 6.07) is 0. The molecule has 1 rings (SSSR count). The topological polar surface area (TPSA) is 27.7 Å². The summed E-state index contributed by atoms with van der Waals surface area (Å²) in [5.74, 6) is 0. The highest BCUT2D eigenvalue weighted by Gasteiger charge is 2.22. The fourth-order valence-electron chi connectivity index (χ4n) is 0.927.